The largest absolute Gasteiger partial charge is 0.486 e. The molecule has 0 saturated carbocycles. The molecular weight excluding hydrogens is 482 g/mol. The third-order valence-corrected chi connectivity index (χ3v) is 8.91. The molecule has 1 aliphatic carbocycles. The Bertz CT molecular complexity index is 1440. The van der Waals surface area contributed by atoms with Crippen molar-refractivity contribution in [1.82, 2.24) is 19.6 Å². The highest BCUT2D eigenvalue weighted by atomic mass is 32.2. The van der Waals surface area contributed by atoms with Gasteiger partial charge in [0.15, 0.2) is 22.3 Å². The van der Waals surface area contributed by atoms with Crippen molar-refractivity contribution in [2.24, 2.45) is 11.3 Å². The highest BCUT2D eigenvalue weighted by Crippen LogP contribution is 2.43. The second-order valence-corrected chi connectivity index (χ2v) is 12.1. The van der Waals surface area contributed by atoms with Gasteiger partial charge in [0.2, 0.25) is 5.91 Å². The molecule has 182 valence electrons. The first kappa shape index (κ1) is 22.6. The average Bonchev–Trinajstić information content (AvgIpc) is 3.42. The maximum atomic E-state index is 12.6. The fraction of sp³-hybridized carbons (Fsp3) is 0.440. The van der Waals surface area contributed by atoms with E-state index in [0.717, 1.165) is 28.7 Å². The Morgan fingerprint density at radius 1 is 1.23 bits per heavy atom. The number of nitrogens with one attached hydrogen (secondary N) is 1. The number of nitrogens with zero attached hydrogens (tertiary/aromatic N) is 4. The molecule has 0 spiro atoms. The topological polar surface area (TPSA) is 90.6 Å². The lowest BCUT2D eigenvalue weighted by molar-refractivity contribution is -0.113. The average molecular weight is 510 g/mol. The van der Waals surface area contributed by atoms with Gasteiger partial charge in [0.25, 0.3) is 0 Å². The monoisotopic (exact) mass is 509 g/mol. The molecule has 0 radical (unpaired) electrons. The lowest BCUT2D eigenvalue weighted by Gasteiger charge is -2.33. The number of anilines is 1. The number of benzene rings is 1. The van der Waals surface area contributed by atoms with Gasteiger partial charge < -0.3 is 14.8 Å². The number of fused-ring (bicyclic) bond motifs is 6. The van der Waals surface area contributed by atoms with E-state index in [-0.39, 0.29) is 11.7 Å². The molecule has 0 unspecified atom stereocenters. The van der Waals surface area contributed by atoms with Gasteiger partial charge in [-0.3, -0.25) is 9.20 Å². The van der Waals surface area contributed by atoms with Crippen molar-refractivity contribution in [1.29, 1.82) is 0 Å². The molecule has 4 heterocycles. The second-order valence-electron chi connectivity index (χ2n) is 10.1. The van der Waals surface area contributed by atoms with Crippen LogP contribution in [0.2, 0.25) is 0 Å². The molecule has 2 aliphatic rings. The lowest BCUT2D eigenvalue weighted by Crippen LogP contribution is -2.26. The number of hydrogen-bond donors (Lipinski definition) is 1. The summed E-state index contributed by atoms with van der Waals surface area (Å²) in [5.74, 6) is 2.10. The molecule has 8 nitrogen and oxygen atoms in total. The zero-order valence-electron chi connectivity index (χ0n) is 20.0. The maximum absolute atomic E-state index is 12.6. The van der Waals surface area contributed by atoms with Crippen LogP contribution in [-0.2, 0) is 17.6 Å². The molecule has 0 fully saturated rings. The predicted octanol–water partition coefficient (Wildman–Crippen LogP) is 4.99. The summed E-state index contributed by atoms with van der Waals surface area (Å²) in [6.07, 6.45) is 5.11. The predicted molar refractivity (Wildman–Crippen MR) is 138 cm³/mol. The SMILES string of the molecule is CC(C)(C)[C@H]1CCc2c(sc3ncn4c(SCC(=O)Nc5ccc6c(c5)OCCO6)nnc4c23)C1. The summed E-state index contributed by atoms with van der Waals surface area (Å²) in [5, 5.41) is 13.6. The number of thioether (sulfide) groups is 1. The van der Waals surface area contributed by atoms with E-state index in [1.54, 1.807) is 23.7 Å². The first-order valence-corrected chi connectivity index (χ1v) is 13.6. The molecular formula is C25H27N5O3S2. The quantitative estimate of drug-likeness (QED) is 0.388. The normalized spacial score (nSPS) is 17.5. The molecule has 1 amide bonds. The number of rotatable bonds is 4. The summed E-state index contributed by atoms with van der Waals surface area (Å²) in [4.78, 5) is 19.8. The molecule has 10 heteroatoms. The van der Waals surface area contributed by atoms with Crippen LogP contribution in [0, 0.1) is 11.3 Å². The van der Waals surface area contributed by atoms with Crippen LogP contribution in [0.15, 0.2) is 29.7 Å². The van der Waals surface area contributed by atoms with E-state index in [0.29, 0.717) is 46.9 Å². The Morgan fingerprint density at radius 2 is 2.06 bits per heavy atom. The first-order valence-electron chi connectivity index (χ1n) is 11.8. The van der Waals surface area contributed by atoms with Gasteiger partial charge in [0.1, 0.15) is 24.4 Å². The van der Waals surface area contributed by atoms with Crippen LogP contribution in [0.4, 0.5) is 5.69 Å². The van der Waals surface area contributed by atoms with Crippen molar-refractivity contribution in [3.8, 4) is 11.5 Å². The summed E-state index contributed by atoms with van der Waals surface area (Å²) in [5.41, 5.74) is 3.18. The van der Waals surface area contributed by atoms with E-state index in [2.05, 4.69) is 36.3 Å². The standard InChI is InChI=1S/C25H27N5O3S2/c1-25(2,3)14-4-6-16-19(10-14)35-23-21(16)22-28-29-24(30(22)13-26-23)34-12-20(31)27-15-5-7-17-18(11-15)33-9-8-32-17/h5,7,11,13-14H,4,6,8-10,12H2,1-3H3,(H,27,31)/t14-/m0/s1. The Hall–Kier alpha value is -2.85. The Morgan fingerprint density at radius 3 is 2.89 bits per heavy atom. The van der Waals surface area contributed by atoms with Crippen LogP contribution in [-0.4, -0.2) is 44.5 Å². The van der Waals surface area contributed by atoms with Gasteiger partial charge in [0.05, 0.1) is 11.1 Å². The van der Waals surface area contributed by atoms with Crippen molar-refractivity contribution in [3.63, 3.8) is 0 Å². The van der Waals surface area contributed by atoms with Gasteiger partial charge in [-0.2, -0.15) is 0 Å². The van der Waals surface area contributed by atoms with Crippen LogP contribution in [0.25, 0.3) is 15.9 Å². The zero-order valence-corrected chi connectivity index (χ0v) is 21.6. The van der Waals surface area contributed by atoms with Crippen LogP contribution >= 0.6 is 23.1 Å². The van der Waals surface area contributed by atoms with Crippen LogP contribution in [0.3, 0.4) is 0 Å². The van der Waals surface area contributed by atoms with E-state index >= 15 is 0 Å². The summed E-state index contributed by atoms with van der Waals surface area (Å²) < 4.78 is 13.0. The molecule has 35 heavy (non-hydrogen) atoms. The number of thiophene rings is 1. The van der Waals surface area contributed by atoms with E-state index in [1.165, 1.54) is 28.6 Å². The van der Waals surface area contributed by atoms with Crippen molar-refractivity contribution >= 4 is 50.6 Å². The molecule has 1 atom stereocenters. The molecule has 0 bridgehead atoms. The van der Waals surface area contributed by atoms with Crippen molar-refractivity contribution in [3.05, 3.63) is 35.0 Å². The van der Waals surface area contributed by atoms with E-state index in [9.17, 15) is 4.79 Å². The lowest BCUT2D eigenvalue weighted by atomic mass is 9.72. The molecule has 1 aromatic carbocycles. The number of hydrogen-bond acceptors (Lipinski definition) is 8. The summed E-state index contributed by atoms with van der Waals surface area (Å²) >= 11 is 3.14. The molecule has 4 aromatic rings. The molecule has 1 aliphatic heterocycles. The van der Waals surface area contributed by atoms with Crippen LogP contribution in [0.5, 0.6) is 11.5 Å². The Kier molecular flexibility index (Phi) is 5.60. The number of carbonyl (C=O) groups excluding carboxylic acids is 1. The van der Waals surface area contributed by atoms with E-state index in [4.69, 9.17) is 14.5 Å². The number of ether oxygens (including phenoxy) is 2. The maximum Gasteiger partial charge on any atom is 0.234 e. The Labute approximate surface area is 211 Å². The smallest absolute Gasteiger partial charge is 0.234 e. The van der Waals surface area contributed by atoms with Crippen molar-refractivity contribution in [2.75, 3.05) is 24.3 Å². The zero-order chi connectivity index (χ0) is 24.2. The molecule has 6 rings (SSSR count). The highest BCUT2D eigenvalue weighted by Gasteiger charge is 2.32. The number of aromatic nitrogens is 4. The highest BCUT2D eigenvalue weighted by molar-refractivity contribution is 7.99. The second kappa shape index (κ2) is 8.67. The Balaban J connectivity index is 1.19. The number of aryl methyl sites for hydroxylation is 1. The molecule has 1 N–H and O–H groups in total. The van der Waals surface area contributed by atoms with Gasteiger partial charge in [0, 0.05) is 16.6 Å². The van der Waals surface area contributed by atoms with E-state index in [1.807, 2.05) is 16.5 Å². The third kappa shape index (κ3) is 4.23. The first-order chi connectivity index (χ1) is 16.9. The van der Waals surface area contributed by atoms with Gasteiger partial charge in [-0.25, -0.2) is 4.98 Å². The minimum absolute atomic E-state index is 0.126. The van der Waals surface area contributed by atoms with Crippen molar-refractivity contribution < 1.29 is 14.3 Å². The summed E-state index contributed by atoms with van der Waals surface area (Å²) in [7, 11) is 0. The van der Waals surface area contributed by atoms with Crippen LogP contribution < -0.4 is 14.8 Å². The van der Waals surface area contributed by atoms with Gasteiger partial charge in [-0.15, -0.1) is 21.5 Å². The summed E-state index contributed by atoms with van der Waals surface area (Å²) in [6.45, 7) is 8.04. The molecule has 3 aromatic heterocycles. The van der Waals surface area contributed by atoms with Gasteiger partial charge in [-0.05, 0) is 48.3 Å². The van der Waals surface area contributed by atoms with E-state index < -0.39 is 0 Å². The van der Waals surface area contributed by atoms with Gasteiger partial charge in [-0.1, -0.05) is 32.5 Å². The van der Waals surface area contributed by atoms with Crippen molar-refractivity contribution in [2.45, 2.75) is 45.2 Å². The van der Waals surface area contributed by atoms with Gasteiger partial charge >= 0.3 is 0 Å². The molecule has 0 saturated heterocycles. The fourth-order valence-electron chi connectivity index (χ4n) is 4.84. The number of amides is 1. The fourth-order valence-corrected chi connectivity index (χ4v) is 6.81. The minimum Gasteiger partial charge on any atom is -0.486 e. The van der Waals surface area contributed by atoms with Crippen LogP contribution in [0.1, 0.15) is 37.6 Å². The minimum atomic E-state index is -0.126. The number of carbonyl (C=O) groups is 1. The summed E-state index contributed by atoms with van der Waals surface area (Å²) in [6, 6.07) is 5.41. The third-order valence-electron chi connectivity index (χ3n) is 6.81.